The summed E-state index contributed by atoms with van der Waals surface area (Å²) in [6, 6.07) is 10.2. The number of aromatic nitrogens is 1. The van der Waals surface area contributed by atoms with E-state index in [2.05, 4.69) is 20.7 Å². The van der Waals surface area contributed by atoms with Gasteiger partial charge in [0.15, 0.2) is 0 Å². The second-order valence-corrected chi connectivity index (χ2v) is 4.39. The second kappa shape index (κ2) is 5.18. The van der Waals surface area contributed by atoms with Crippen LogP contribution in [0.5, 0.6) is 0 Å². The third-order valence-corrected chi connectivity index (χ3v) is 3.16. The molecular weight excluding hydrogens is 298 g/mol. The zero-order chi connectivity index (χ0) is 13.1. The number of methoxy groups -OCH3 is 1. The maximum absolute atomic E-state index is 12.3. The smallest absolute Gasteiger partial charge is 0.355 e. The summed E-state index contributed by atoms with van der Waals surface area (Å²) in [5.41, 5.74) is 0.692. The topological polar surface area (TPSA) is 48.3 Å². The monoisotopic (exact) mass is 307 g/mol. The number of hydrogen-bond acceptors (Lipinski definition) is 3. The first-order valence-corrected chi connectivity index (χ1v) is 5.99. The van der Waals surface area contributed by atoms with Crippen LogP contribution in [0.2, 0.25) is 0 Å². The fraction of sp³-hybridized carbons (Fsp3) is 0.0769. The molecule has 0 atom stereocenters. The largest absolute Gasteiger partial charge is 0.464 e. The molecule has 0 saturated carbocycles. The van der Waals surface area contributed by atoms with Crippen LogP contribution in [0, 0.1) is 0 Å². The van der Waals surface area contributed by atoms with Gasteiger partial charge in [0.1, 0.15) is 5.69 Å². The molecule has 0 amide bonds. The number of carbonyl (C=O) groups is 2. The van der Waals surface area contributed by atoms with Gasteiger partial charge < -0.3 is 4.74 Å². The lowest BCUT2D eigenvalue weighted by atomic mass is 10.2. The summed E-state index contributed by atoms with van der Waals surface area (Å²) < 4.78 is 6.58. The van der Waals surface area contributed by atoms with E-state index in [1.807, 2.05) is 6.07 Å². The van der Waals surface area contributed by atoms with Crippen molar-refractivity contribution < 1.29 is 14.3 Å². The fourth-order valence-electron chi connectivity index (χ4n) is 1.59. The molecule has 0 aliphatic rings. The lowest BCUT2D eigenvalue weighted by molar-refractivity contribution is 0.0583. The molecule has 0 aliphatic heterocycles. The van der Waals surface area contributed by atoms with Gasteiger partial charge in [-0.05, 0) is 40.2 Å². The molecule has 4 nitrogen and oxygen atoms in total. The van der Waals surface area contributed by atoms with Crippen LogP contribution in [0.25, 0.3) is 0 Å². The Hall–Kier alpha value is -1.88. The van der Waals surface area contributed by atoms with E-state index in [4.69, 9.17) is 0 Å². The van der Waals surface area contributed by atoms with Gasteiger partial charge in [0.25, 0.3) is 5.91 Å². The van der Waals surface area contributed by atoms with Crippen molar-refractivity contribution in [3.05, 3.63) is 58.3 Å². The van der Waals surface area contributed by atoms with E-state index in [-0.39, 0.29) is 11.6 Å². The summed E-state index contributed by atoms with van der Waals surface area (Å²) in [6.45, 7) is 0. The van der Waals surface area contributed by atoms with Gasteiger partial charge >= 0.3 is 5.97 Å². The van der Waals surface area contributed by atoms with Crippen molar-refractivity contribution in [1.82, 2.24) is 4.57 Å². The van der Waals surface area contributed by atoms with Crippen LogP contribution in [-0.2, 0) is 4.74 Å². The highest BCUT2D eigenvalue weighted by Crippen LogP contribution is 2.18. The van der Waals surface area contributed by atoms with Crippen molar-refractivity contribution in [2.24, 2.45) is 0 Å². The van der Waals surface area contributed by atoms with Crippen LogP contribution in [0.4, 0.5) is 0 Å². The molecule has 0 N–H and O–H groups in total. The van der Waals surface area contributed by atoms with Crippen LogP contribution in [0.15, 0.2) is 47.1 Å². The molecular formula is C13H10BrNO3. The number of halogens is 1. The zero-order valence-electron chi connectivity index (χ0n) is 9.59. The third-order valence-electron chi connectivity index (χ3n) is 2.47. The first kappa shape index (κ1) is 12.6. The number of esters is 1. The number of carbonyl (C=O) groups excluding carboxylic acids is 2. The van der Waals surface area contributed by atoms with E-state index in [1.54, 1.807) is 30.3 Å². The standard InChI is InChI=1S/C13H10BrNO3/c1-18-13(17)11-7-4-8-15(11)12(16)9-5-2-3-6-10(9)14/h2-8H,1H3. The number of rotatable bonds is 2. The van der Waals surface area contributed by atoms with Crippen molar-refractivity contribution >= 4 is 27.8 Å². The quantitative estimate of drug-likeness (QED) is 0.802. The molecule has 0 radical (unpaired) electrons. The first-order chi connectivity index (χ1) is 8.65. The minimum Gasteiger partial charge on any atom is -0.464 e. The highest BCUT2D eigenvalue weighted by Gasteiger charge is 2.18. The van der Waals surface area contributed by atoms with Crippen molar-refractivity contribution in [3.8, 4) is 0 Å². The van der Waals surface area contributed by atoms with E-state index < -0.39 is 5.97 Å². The van der Waals surface area contributed by atoms with E-state index in [0.29, 0.717) is 10.0 Å². The fourth-order valence-corrected chi connectivity index (χ4v) is 2.05. The van der Waals surface area contributed by atoms with Gasteiger partial charge in [-0.3, -0.25) is 9.36 Å². The molecule has 0 spiro atoms. The van der Waals surface area contributed by atoms with E-state index in [0.717, 1.165) is 0 Å². The summed E-state index contributed by atoms with van der Waals surface area (Å²) in [4.78, 5) is 23.8. The molecule has 2 rings (SSSR count). The van der Waals surface area contributed by atoms with Gasteiger partial charge in [-0.2, -0.15) is 0 Å². The number of nitrogens with zero attached hydrogens (tertiary/aromatic N) is 1. The average Bonchev–Trinajstić information content (AvgIpc) is 2.86. The maximum Gasteiger partial charge on any atom is 0.355 e. The molecule has 0 bridgehead atoms. The van der Waals surface area contributed by atoms with Crippen LogP contribution < -0.4 is 0 Å². The minimum absolute atomic E-state index is 0.207. The highest BCUT2D eigenvalue weighted by molar-refractivity contribution is 9.10. The minimum atomic E-state index is -0.541. The zero-order valence-corrected chi connectivity index (χ0v) is 11.2. The average molecular weight is 308 g/mol. The summed E-state index contributed by atoms with van der Waals surface area (Å²) in [5.74, 6) is -0.826. The number of benzene rings is 1. The Labute approximate surface area is 112 Å². The van der Waals surface area contributed by atoms with Crippen LogP contribution >= 0.6 is 15.9 Å². The van der Waals surface area contributed by atoms with Gasteiger partial charge in [0.2, 0.25) is 0 Å². The SMILES string of the molecule is COC(=O)c1cccn1C(=O)c1ccccc1Br. The molecule has 1 heterocycles. The van der Waals surface area contributed by atoms with Crippen LogP contribution in [0.1, 0.15) is 20.8 Å². The molecule has 2 aromatic rings. The summed E-state index contributed by atoms with van der Waals surface area (Å²) in [6.07, 6.45) is 1.54. The molecule has 1 aromatic heterocycles. The Kier molecular flexibility index (Phi) is 3.62. The molecule has 0 unspecified atom stereocenters. The molecule has 92 valence electrons. The summed E-state index contributed by atoms with van der Waals surface area (Å²) in [7, 11) is 1.28. The summed E-state index contributed by atoms with van der Waals surface area (Å²) >= 11 is 3.31. The van der Waals surface area contributed by atoms with E-state index >= 15 is 0 Å². The molecule has 0 fully saturated rings. The predicted octanol–water partition coefficient (Wildman–Crippen LogP) is 2.73. The Morgan fingerprint density at radius 2 is 1.89 bits per heavy atom. The lowest BCUT2D eigenvalue weighted by Gasteiger charge is -2.07. The van der Waals surface area contributed by atoms with Crippen LogP contribution in [-0.4, -0.2) is 23.6 Å². The number of hydrogen-bond donors (Lipinski definition) is 0. The first-order valence-electron chi connectivity index (χ1n) is 5.20. The Morgan fingerprint density at radius 1 is 1.17 bits per heavy atom. The van der Waals surface area contributed by atoms with Gasteiger partial charge in [-0.25, -0.2) is 4.79 Å². The van der Waals surface area contributed by atoms with Crippen molar-refractivity contribution in [2.45, 2.75) is 0 Å². The van der Waals surface area contributed by atoms with Crippen molar-refractivity contribution in [2.75, 3.05) is 7.11 Å². The van der Waals surface area contributed by atoms with E-state index in [1.165, 1.54) is 17.9 Å². The van der Waals surface area contributed by atoms with Gasteiger partial charge in [-0.15, -0.1) is 0 Å². The molecule has 18 heavy (non-hydrogen) atoms. The predicted molar refractivity (Wildman–Crippen MR) is 69.6 cm³/mol. The maximum atomic E-state index is 12.3. The highest BCUT2D eigenvalue weighted by atomic mass is 79.9. The molecule has 5 heteroatoms. The third kappa shape index (κ3) is 2.22. The second-order valence-electron chi connectivity index (χ2n) is 3.54. The number of ether oxygens (including phenoxy) is 1. The van der Waals surface area contributed by atoms with Gasteiger partial charge in [-0.1, -0.05) is 12.1 Å². The van der Waals surface area contributed by atoms with Crippen molar-refractivity contribution in [1.29, 1.82) is 0 Å². The molecule has 0 saturated heterocycles. The Balaban J connectivity index is 2.45. The van der Waals surface area contributed by atoms with Crippen LogP contribution in [0.3, 0.4) is 0 Å². The van der Waals surface area contributed by atoms with Crippen molar-refractivity contribution in [3.63, 3.8) is 0 Å². The van der Waals surface area contributed by atoms with Gasteiger partial charge in [0.05, 0.1) is 12.7 Å². The Morgan fingerprint density at radius 3 is 2.56 bits per heavy atom. The van der Waals surface area contributed by atoms with Gasteiger partial charge in [0, 0.05) is 10.7 Å². The summed E-state index contributed by atoms with van der Waals surface area (Å²) in [5, 5.41) is 0. The normalized spacial score (nSPS) is 10.1. The molecule has 0 aliphatic carbocycles. The lowest BCUT2D eigenvalue weighted by Crippen LogP contribution is -2.18. The Bertz CT molecular complexity index is 604. The molecule has 1 aromatic carbocycles. The van der Waals surface area contributed by atoms with E-state index in [9.17, 15) is 9.59 Å².